The van der Waals surface area contributed by atoms with E-state index in [2.05, 4.69) is 18.8 Å². The van der Waals surface area contributed by atoms with Gasteiger partial charge in [0.1, 0.15) is 12.4 Å². The Hall–Kier alpha value is -1.11. The normalized spacial score (nSPS) is 10.6. The number of pyridine rings is 1. The third kappa shape index (κ3) is 5.67. The van der Waals surface area contributed by atoms with E-state index in [1.54, 1.807) is 6.07 Å². The van der Waals surface area contributed by atoms with Crippen molar-refractivity contribution < 1.29 is 19.5 Å². The fourth-order valence-electron chi connectivity index (χ4n) is 1.19. The van der Waals surface area contributed by atoms with Crippen molar-refractivity contribution in [3.8, 4) is 5.75 Å². The molecular weight excluding hydrogens is 221 g/mol. The van der Waals surface area contributed by atoms with Crippen molar-refractivity contribution in [2.24, 2.45) is 5.92 Å². The van der Waals surface area contributed by atoms with Crippen molar-refractivity contribution in [3.63, 3.8) is 0 Å². The number of hydrogen-bond acceptors (Lipinski definition) is 5. The van der Waals surface area contributed by atoms with E-state index < -0.39 is 7.12 Å². The van der Waals surface area contributed by atoms with Gasteiger partial charge in [0.15, 0.2) is 0 Å². The first-order valence-corrected chi connectivity index (χ1v) is 5.61. The predicted molar refractivity (Wildman–Crippen MR) is 65.2 cm³/mol. The molecule has 0 aromatic carbocycles. The molecule has 1 rings (SSSR count). The zero-order chi connectivity index (χ0) is 12.7. The van der Waals surface area contributed by atoms with Gasteiger partial charge in [-0.05, 0) is 12.0 Å². The molecule has 5 nitrogen and oxygen atoms in total. The smallest absolute Gasteiger partial charge is 0.490 e. The summed E-state index contributed by atoms with van der Waals surface area (Å²) in [4.78, 5) is 3.85. The Kier molecular flexibility index (Phi) is 5.97. The molecule has 0 aliphatic rings. The Labute approximate surface area is 102 Å². The maximum Gasteiger partial charge on any atom is 0.490 e. The lowest BCUT2D eigenvalue weighted by atomic mass is 9.82. The largest absolute Gasteiger partial charge is 0.490 e. The van der Waals surface area contributed by atoms with E-state index in [0.717, 1.165) is 0 Å². The fourth-order valence-corrected chi connectivity index (χ4v) is 1.19. The van der Waals surface area contributed by atoms with Crippen LogP contribution < -0.4 is 10.2 Å². The van der Waals surface area contributed by atoms with Crippen LogP contribution >= 0.6 is 0 Å². The van der Waals surface area contributed by atoms with E-state index >= 15 is 0 Å². The molecule has 0 aliphatic carbocycles. The summed E-state index contributed by atoms with van der Waals surface area (Å²) in [5.41, 5.74) is 0.311. The first kappa shape index (κ1) is 14.0. The summed E-state index contributed by atoms with van der Waals surface area (Å²) < 4.78 is 10.7. The highest BCUT2D eigenvalue weighted by Gasteiger charge is 2.11. The number of aromatic nitrogens is 1. The second-order valence-electron chi connectivity index (χ2n) is 4.14. The summed E-state index contributed by atoms with van der Waals surface area (Å²) in [6.45, 7) is 5.79. The first-order valence-electron chi connectivity index (χ1n) is 5.61. The Bertz CT molecular complexity index is 333. The van der Waals surface area contributed by atoms with Gasteiger partial charge in [0.05, 0.1) is 12.8 Å². The molecule has 1 aromatic heterocycles. The lowest BCUT2D eigenvalue weighted by Crippen LogP contribution is -2.30. The highest BCUT2D eigenvalue weighted by atomic mass is 16.5. The molecule has 0 saturated heterocycles. The van der Waals surface area contributed by atoms with Crippen LogP contribution in [0.5, 0.6) is 5.75 Å². The van der Waals surface area contributed by atoms with E-state index in [0.29, 0.717) is 37.0 Å². The molecule has 0 aliphatic heterocycles. The summed E-state index contributed by atoms with van der Waals surface area (Å²) in [6.07, 6.45) is 2.90. The third-order valence-corrected chi connectivity index (χ3v) is 1.98. The van der Waals surface area contributed by atoms with Gasteiger partial charge in [-0.1, -0.05) is 13.8 Å². The van der Waals surface area contributed by atoms with Crippen LogP contribution in [0.2, 0.25) is 0 Å². The van der Waals surface area contributed by atoms with E-state index in [4.69, 9.17) is 19.5 Å². The highest BCUT2D eigenvalue weighted by molar-refractivity contribution is 6.58. The highest BCUT2D eigenvalue weighted by Crippen LogP contribution is 2.05. The summed E-state index contributed by atoms with van der Waals surface area (Å²) in [5, 5.41) is 17.9. The van der Waals surface area contributed by atoms with Gasteiger partial charge in [-0.2, -0.15) is 0 Å². The van der Waals surface area contributed by atoms with Crippen LogP contribution in [-0.2, 0) is 4.74 Å². The molecule has 17 heavy (non-hydrogen) atoms. The molecule has 0 fully saturated rings. The van der Waals surface area contributed by atoms with E-state index in [-0.39, 0.29) is 0 Å². The maximum atomic E-state index is 8.95. The third-order valence-electron chi connectivity index (χ3n) is 1.98. The molecule has 0 unspecified atom stereocenters. The molecule has 6 heteroatoms. The molecule has 0 amide bonds. The average Bonchev–Trinajstić information content (AvgIpc) is 2.28. The van der Waals surface area contributed by atoms with Gasteiger partial charge in [-0.25, -0.2) is 0 Å². The van der Waals surface area contributed by atoms with Crippen LogP contribution in [-0.4, -0.2) is 42.0 Å². The zero-order valence-electron chi connectivity index (χ0n) is 10.2. The van der Waals surface area contributed by atoms with Gasteiger partial charge in [-0.3, -0.25) is 4.98 Å². The minimum Gasteiger partial charge on any atom is -0.490 e. The Morgan fingerprint density at radius 3 is 2.71 bits per heavy atom. The molecule has 1 aromatic rings. The first-order chi connectivity index (χ1) is 8.09. The summed E-state index contributed by atoms with van der Waals surface area (Å²) >= 11 is 0. The second kappa shape index (κ2) is 7.27. The zero-order valence-corrected chi connectivity index (χ0v) is 10.2. The fraction of sp³-hybridized carbons (Fsp3) is 0.545. The van der Waals surface area contributed by atoms with Gasteiger partial charge in [0.2, 0.25) is 0 Å². The summed E-state index contributed by atoms with van der Waals surface area (Å²) in [5.74, 6) is 1.01. The van der Waals surface area contributed by atoms with Crippen LogP contribution in [0.3, 0.4) is 0 Å². The molecule has 2 N–H and O–H groups in total. The van der Waals surface area contributed by atoms with Gasteiger partial charge >= 0.3 is 7.12 Å². The molecule has 1 heterocycles. The van der Waals surface area contributed by atoms with E-state index in [1.807, 2.05) is 0 Å². The SMILES string of the molecule is CC(C)COCCOc1cncc(B(O)O)c1. The summed E-state index contributed by atoms with van der Waals surface area (Å²) in [7, 11) is -1.52. The number of nitrogens with zero attached hydrogens (tertiary/aromatic N) is 1. The average molecular weight is 239 g/mol. The Balaban J connectivity index is 2.29. The van der Waals surface area contributed by atoms with Gasteiger partial charge in [-0.15, -0.1) is 0 Å². The van der Waals surface area contributed by atoms with Crippen LogP contribution in [0.25, 0.3) is 0 Å². The molecule has 0 radical (unpaired) electrons. The lowest BCUT2D eigenvalue weighted by Gasteiger charge is -2.09. The van der Waals surface area contributed by atoms with Gasteiger partial charge in [0, 0.05) is 18.3 Å². The minimum atomic E-state index is -1.52. The summed E-state index contributed by atoms with van der Waals surface area (Å²) in [6, 6.07) is 1.54. The Morgan fingerprint density at radius 1 is 1.29 bits per heavy atom. The molecule has 0 atom stereocenters. The van der Waals surface area contributed by atoms with Crippen LogP contribution in [0.15, 0.2) is 18.5 Å². The molecule has 94 valence electrons. The lowest BCUT2D eigenvalue weighted by molar-refractivity contribution is 0.0818. The molecular formula is C11H18BNO4. The van der Waals surface area contributed by atoms with Crippen molar-refractivity contribution in [2.75, 3.05) is 19.8 Å². The van der Waals surface area contributed by atoms with Crippen molar-refractivity contribution >= 4 is 12.6 Å². The minimum absolute atomic E-state index is 0.311. The van der Waals surface area contributed by atoms with Gasteiger partial charge in [0.25, 0.3) is 0 Å². The van der Waals surface area contributed by atoms with Crippen LogP contribution in [0.1, 0.15) is 13.8 Å². The van der Waals surface area contributed by atoms with Gasteiger partial charge < -0.3 is 19.5 Å². The maximum absolute atomic E-state index is 8.95. The predicted octanol–water partition coefficient (Wildman–Crippen LogP) is -0.187. The molecule has 0 saturated carbocycles. The molecule has 0 bridgehead atoms. The Morgan fingerprint density at radius 2 is 2.06 bits per heavy atom. The van der Waals surface area contributed by atoms with E-state index in [9.17, 15) is 0 Å². The standard InChI is InChI=1S/C11H18BNO4/c1-9(2)8-16-3-4-17-11-5-10(12(14)15)6-13-7-11/h5-7,9,14-15H,3-4,8H2,1-2H3. The van der Waals surface area contributed by atoms with Crippen molar-refractivity contribution in [1.82, 2.24) is 4.98 Å². The molecule has 0 spiro atoms. The topological polar surface area (TPSA) is 71.8 Å². The monoisotopic (exact) mass is 239 g/mol. The number of rotatable bonds is 7. The van der Waals surface area contributed by atoms with Crippen LogP contribution in [0.4, 0.5) is 0 Å². The van der Waals surface area contributed by atoms with Crippen molar-refractivity contribution in [3.05, 3.63) is 18.5 Å². The second-order valence-corrected chi connectivity index (χ2v) is 4.14. The number of hydrogen-bond donors (Lipinski definition) is 2. The van der Waals surface area contributed by atoms with Crippen molar-refractivity contribution in [2.45, 2.75) is 13.8 Å². The quantitative estimate of drug-likeness (QED) is 0.509. The number of ether oxygens (including phenoxy) is 2. The van der Waals surface area contributed by atoms with E-state index in [1.165, 1.54) is 12.4 Å². The van der Waals surface area contributed by atoms with Crippen LogP contribution in [0, 0.1) is 5.92 Å². The van der Waals surface area contributed by atoms with Crippen molar-refractivity contribution in [1.29, 1.82) is 0 Å².